The summed E-state index contributed by atoms with van der Waals surface area (Å²) in [5.74, 6) is 0.964. The molecule has 1 saturated carbocycles. The molecule has 0 bridgehead atoms. The van der Waals surface area contributed by atoms with E-state index in [0.29, 0.717) is 11.8 Å². The van der Waals surface area contributed by atoms with Crippen LogP contribution in [0.25, 0.3) is 0 Å². The van der Waals surface area contributed by atoms with Gasteiger partial charge >= 0.3 is 0 Å². The molecule has 0 amide bonds. The van der Waals surface area contributed by atoms with E-state index in [1.165, 1.54) is 5.56 Å². The molecule has 16 heavy (non-hydrogen) atoms. The summed E-state index contributed by atoms with van der Waals surface area (Å²) in [7, 11) is 0. The SMILES string of the molecule is CCC1C(O)C(C)(CC)C1c1ccccc1. The van der Waals surface area contributed by atoms with Gasteiger partial charge < -0.3 is 5.11 Å². The van der Waals surface area contributed by atoms with E-state index in [2.05, 4.69) is 51.1 Å². The quantitative estimate of drug-likeness (QED) is 0.822. The van der Waals surface area contributed by atoms with Crippen LogP contribution in [0, 0.1) is 11.3 Å². The molecule has 1 fully saturated rings. The number of aliphatic hydroxyl groups excluding tert-OH is 1. The van der Waals surface area contributed by atoms with Crippen LogP contribution in [0.3, 0.4) is 0 Å². The number of rotatable bonds is 3. The third kappa shape index (κ3) is 1.49. The van der Waals surface area contributed by atoms with Crippen LogP contribution in [0.4, 0.5) is 0 Å². The maximum atomic E-state index is 10.3. The zero-order valence-electron chi connectivity index (χ0n) is 10.5. The van der Waals surface area contributed by atoms with Crippen molar-refractivity contribution >= 4 is 0 Å². The monoisotopic (exact) mass is 218 g/mol. The molecule has 1 N–H and O–H groups in total. The van der Waals surface area contributed by atoms with E-state index in [-0.39, 0.29) is 11.5 Å². The second-order valence-corrected chi connectivity index (χ2v) is 5.26. The summed E-state index contributed by atoms with van der Waals surface area (Å²) < 4.78 is 0. The average molecular weight is 218 g/mol. The first kappa shape index (κ1) is 11.7. The van der Waals surface area contributed by atoms with Gasteiger partial charge in [0.25, 0.3) is 0 Å². The summed E-state index contributed by atoms with van der Waals surface area (Å²) in [6, 6.07) is 10.7. The molecule has 1 aliphatic rings. The standard InChI is InChI=1S/C15H22O/c1-4-12-13(11-9-7-6-8-10-11)15(3,5-2)14(12)16/h6-10,12-14,16H,4-5H2,1-3H3. The van der Waals surface area contributed by atoms with E-state index >= 15 is 0 Å². The highest BCUT2D eigenvalue weighted by Crippen LogP contribution is 2.59. The number of aliphatic hydroxyl groups is 1. The van der Waals surface area contributed by atoms with Gasteiger partial charge in [0, 0.05) is 5.41 Å². The van der Waals surface area contributed by atoms with Crippen molar-refractivity contribution in [2.75, 3.05) is 0 Å². The van der Waals surface area contributed by atoms with Crippen LogP contribution in [-0.2, 0) is 0 Å². The van der Waals surface area contributed by atoms with Crippen molar-refractivity contribution in [1.29, 1.82) is 0 Å². The van der Waals surface area contributed by atoms with Gasteiger partial charge in [0.05, 0.1) is 6.10 Å². The molecule has 1 aromatic rings. The van der Waals surface area contributed by atoms with Gasteiger partial charge in [0.1, 0.15) is 0 Å². The Morgan fingerprint density at radius 1 is 1.19 bits per heavy atom. The Bertz CT molecular complexity index is 346. The molecule has 0 spiro atoms. The van der Waals surface area contributed by atoms with E-state index in [4.69, 9.17) is 0 Å². The average Bonchev–Trinajstić information content (AvgIpc) is 2.35. The molecule has 1 heteroatoms. The van der Waals surface area contributed by atoms with E-state index in [0.717, 1.165) is 12.8 Å². The summed E-state index contributed by atoms with van der Waals surface area (Å²) in [5, 5.41) is 10.3. The second-order valence-electron chi connectivity index (χ2n) is 5.26. The van der Waals surface area contributed by atoms with Gasteiger partial charge in [-0.05, 0) is 23.8 Å². The summed E-state index contributed by atoms with van der Waals surface area (Å²) in [4.78, 5) is 0. The van der Waals surface area contributed by atoms with E-state index in [1.807, 2.05) is 0 Å². The predicted molar refractivity (Wildman–Crippen MR) is 67.4 cm³/mol. The smallest absolute Gasteiger partial charge is 0.0633 e. The van der Waals surface area contributed by atoms with Gasteiger partial charge in [-0.15, -0.1) is 0 Å². The third-order valence-corrected chi connectivity index (χ3v) is 4.61. The van der Waals surface area contributed by atoms with Gasteiger partial charge in [-0.3, -0.25) is 0 Å². The van der Waals surface area contributed by atoms with Crippen LogP contribution in [0.1, 0.15) is 45.1 Å². The molecule has 0 aromatic heterocycles. The van der Waals surface area contributed by atoms with Crippen LogP contribution in [0.2, 0.25) is 0 Å². The molecule has 4 atom stereocenters. The van der Waals surface area contributed by atoms with Crippen molar-refractivity contribution in [3.8, 4) is 0 Å². The molecule has 1 aliphatic carbocycles. The van der Waals surface area contributed by atoms with Gasteiger partial charge in [0.2, 0.25) is 0 Å². The van der Waals surface area contributed by atoms with Crippen molar-refractivity contribution in [2.24, 2.45) is 11.3 Å². The van der Waals surface area contributed by atoms with Crippen LogP contribution >= 0.6 is 0 Å². The van der Waals surface area contributed by atoms with Gasteiger partial charge in [-0.1, -0.05) is 57.5 Å². The fourth-order valence-electron chi connectivity index (χ4n) is 3.40. The fourth-order valence-corrected chi connectivity index (χ4v) is 3.40. The normalized spacial score (nSPS) is 38.1. The topological polar surface area (TPSA) is 20.2 Å². The Balaban J connectivity index is 2.31. The minimum Gasteiger partial charge on any atom is -0.392 e. The molecule has 0 aliphatic heterocycles. The molecule has 4 unspecified atom stereocenters. The molecule has 0 saturated heterocycles. The van der Waals surface area contributed by atoms with Gasteiger partial charge in [-0.25, -0.2) is 0 Å². The maximum Gasteiger partial charge on any atom is 0.0633 e. The van der Waals surface area contributed by atoms with E-state index < -0.39 is 0 Å². The highest BCUT2D eigenvalue weighted by molar-refractivity contribution is 5.29. The Morgan fingerprint density at radius 3 is 2.31 bits per heavy atom. The molecule has 0 radical (unpaired) electrons. The first-order valence-electron chi connectivity index (χ1n) is 6.38. The van der Waals surface area contributed by atoms with Crippen LogP contribution in [0.5, 0.6) is 0 Å². The first-order valence-corrected chi connectivity index (χ1v) is 6.38. The molecular formula is C15H22O. The van der Waals surface area contributed by atoms with E-state index in [1.54, 1.807) is 0 Å². The fraction of sp³-hybridized carbons (Fsp3) is 0.600. The van der Waals surface area contributed by atoms with Crippen molar-refractivity contribution in [3.05, 3.63) is 35.9 Å². The Morgan fingerprint density at radius 2 is 1.81 bits per heavy atom. The maximum absolute atomic E-state index is 10.3. The number of hydrogen-bond acceptors (Lipinski definition) is 1. The third-order valence-electron chi connectivity index (χ3n) is 4.61. The van der Waals surface area contributed by atoms with Gasteiger partial charge in [0.15, 0.2) is 0 Å². The largest absolute Gasteiger partial charge is 0.392 e. The van der Waals surface area contributed by atoms with Crippen LogP contribution in [0.15, 0.2) is 30.3 Å². The minimum absolute atomic E-state index is 0.0715. The molecular weight excluding hydrogens is 196 g/mol. The van der Waals surface area contributed by atoms with Crippen molar-refractivity contribution in [2.45, 2.75) is 45.6 Å². The van der Waals surface area contributed by atoms with Crippen molar-refractivity contribution < 1.29 is 5.11 Å². The molecule has 2 rings (SSSR count). The lowest BCUT2D eigenvalue weighted by Gasteiger charge is -2.58. The zero-order valence-corrected chi connectivity index (χ0v) is 10.5. The summed E-state index contributed by atoms with van der Waals surface area (Å²) in [6.45, 7) is 6.59. The Labute approximate surface area is 98.5 Å². The predicted octanol–water partition coefficient (Wildman–Crippen LogP) is 3.59. The van der Waals surface area contributed by atoms with Gasteiger partial charge in [-0.2, -0.15) is 0 Å². The zero-order chi connectivity index (χ0) is 11.8. The lowest BCUT2D eigenvalue weighted by molar-refractivity contribution is -0.137. The highest BCUT2D eigenvalue weighted by Gasteiger charge is 2.56. The van der Waals surface area contributed by atoms with Crippen LogP contribution < -0.4 is 0 Å². The molecule has 0 heterocycles. The second kappa shape index (κ2) is 4.21. The van der Waals surface area contributed by atoms with Crippen molar-refractivity contribution in [3.63, 3.8) is 0 Å². The summed E-state index contributed by atoms with van der Waals surface area (Å²) >= 11 is 0. The highest BCUT2D eigenvalue weighted by atomic mass is 16.3. The lowest BCUT2D eigenvalue weighted by atomic mass is 9.49. The summed E-state index contributed by atoms with van der Waals surface area (Å²) in [6.07, 6.45) is 1.98. The molecule has 88 valence electrons. The number of benzene rings is 1. The molecule has 1 aromatic carbocycles. The summed E-state index contributed by atoms with van der Waals surface area (Å²) in [5.41, 5.74) is 1.46. The minimum atomic E-state index is -0.132. The Hall–Kier alpha value is -0.820. The molecule has 1 nitrogen and oxygen atoms in total. The van der Waals surface area contributed by atoms with Crippen LogP contribution in [-0.4, -0.2) is 11.2 Å². The number of hydrogen-bond donors (Lipinski definition) is 1. The lowest BCUT2D eigenvalue weighted by Crippen LogP contribution is -2.57. The van der Waals surface area contributed by atoms with E-state index in [9.17, 15) is 5.11 Å². The van der Waals surface area contributed by atoms with Crippen molar-refractivity contribution in [1.82, 2.24) is 0 Å². The first-order chi connectivity index (χ1) is 7.65. The Kier molecular flexibility index (Phi) is 3.07.